The zero-order valence-corrected chi connectivity index (χ0v) is 14.8. The summed E-state index contributed by atoms with van der Waals surface area (Å²) in [7, 11) is -0.827. The number of carbonyl (C=O) groups is 1. The molecular formula is C19H25NO3S. The van der Waals surface area contributed by atoms with Crippen LogP contribution in [0.5, 0.6) is 0 Å². The minimum Gasteiger partial charge on any atom is -0.501 e. The number of hydrogen-bond donors (Lipinski definition) is 1. The number of ether oxygens (including phenoxy) is 1. The van der Waals surface area contributed by atoms with Gasteiger partial charge in [0.05, 0.1) is 18.4 Å². The molecule has 1 aromatic rings. The van der Waals surface area contributed by atoms with E-state index >= 15 is 0 Å². The number of rotatable bonds is 5. The molecule has 0 saturated heterocycles. The third kappa shape index (κ3) is 4.69. The van der Waals surface area contributed by atoms with Gasteiger partial charge in [-0.2, -0.15) is 0 Å². The third-order valence-electron chi connectivity index (χ3n) is 4.64. The number of anilines is 1. The fraction of sp³-hybridized carbons (Fsp3) is 0.526. The molecule has 1 unspecified atom stereocenters. The summed E-state index contributed by atoms with van der Waals surface area (Å²) in [5, 5.41) is 3.25. The van der Waals surface area contributed by atoms with Crippen molar-refractivity contribution in [2.75, 3.05) is 11.9 Å². The third-order valence-corrected chi connectivity index (χ3v) is 6.48. The van der Waals surface area contributed by atoms with E-state index in [1.165, 1.54) is 19.3 Å². The second kappa shape index (κ2) is 8.47. The van der Waals surface area contributed by atoms with Crippen molar-refractivity contribution in [3.63, 3.8) is 0 Å². The molecule has 1 saturated carbocycles. The van der Waals surface area contributed by atoms with Gasteiger partial charge in [0.2, 0.25) is 0 Å². The number of benzene rings is 1. The Morgan fingerprint density at radius 3 is 2.79 bits per heavy atom. The first-order valence-electron chi connectivity index (χ1n) is 8.80. The topological polar surface area (TPSA) is 55.4 Å². The Labute approximate surface area is 146 Å². The molecule has 3 rings (SSSR count). The highest BCUT2D eigenvalue weighted by Crippen LogP contribution is 2.24. The highest BCUT2D eigenvalue weighted by molar-refractivity contribution is 7.84. The van der Waals surface area contributed by atoms with Crippen LogP contribution in [0.2, 0.25) is 0 Å². The van der Waals surface area contributed by atoms with Crippen molar-refractivity contribution in [1.29, 1.82) is 0 Å². The van der Waals surface area contributed by atoms with Crippen LogP contribution < -0.4 is 5.32 Å². The maximum Gasteiger partial charge on any atom is 0.254 e. The summed E-state index contributed by atoms with van der Waals surface area (Å²) in [5.74, 6) is 0.459. The maximum atomic E-state index is 12.5. The molecule has 0 aromatic heterocycles. The number of carbonyl (C=O) groups excluding carboxylic acids is 1. The van der Waals surface area contributed by atoms with E-state index in [4.69, 9.17) is 4.74 Å². The molecule has 130 valence electrons. The first-order chi connectivity index (χ1) is 11.7. The molecule has 2 aliphatic rings. The Hall–Kier alpha value is -1.62. The van der Waals surface area contributed by atoms with Crippen LogP contribution in [-0.2, 0) is 26.1 Å². The van der Waals surface area contributed by atoms with Crippen molar-refractivity contribution in [3.05, 3.63) is 41.7 Å². The van der Waals surface area contributed by atoms with E-state index in [0.29, 0.717) is 23.2 Å². The van der Waals surface area contributed by atoms with Gasteiger partial charge in [0, 0.05) is 27.5 Å². The van der Waals surface area contributed by atoms with E-state index in [9.17, 15) is 9.00 Å². The van der Waals surface area contributed by atoms with E-state index in [0.717, 1.165) is 36.9 Å². The number of amides is 1. The lowest BCUT2D eigenvalue weighted by Gasteiger charge is -2.21. The van der Waals surface area contributed by atoms with Gasteiger partial charge < -0.3 is 10.1 Å². The zero-order chi connectivity index (χ0) is 16.8. The van der Waals surface area contributed by atoms with Gasteiger partial charge in [-0.05, 0) is 43.4 Å². The van der Waals surface area contributed by atoms with Crippen LogP contribution >= 0.6 is 0 Å². The molecule has 4 nitrogen and oxygen atoms in total. The molecule has 0 spiro atoms. The van der Waals surface area contributed by atoms with Gasteiger partial charge in [0.25, 0.3) is 5.91 Å². The fourth-order valence-electron chi connectivity index (χ4n) is 3.29. The fourth-order valence-corrected chi connectivity index (χ4v) is 4.89. The van der Waals surface area contributed by atoms with Gasteiger partial charge in [0.15, 0.2) is 0 Å². The van der Waals surface area contributed by atoms with Crippen LogP contribution in [0.4, 0.5) is 5.69 Å². The average molecular weight is 347 g/mol. The van der Waals surface area contributed by atoms with Crippen molar-refractivity contribution >= 4 is 22.4 Å². The molecule has 1 aliphatic carbocycles. The largest absolute Gasteiger partial charge is 0.501 e. The van der Waals surface area contributed by atoms with Crippen molar-refractivity contribution in [2.45, 2.75) is 55.9 Å². The van der Waals surface area contributed by atoms with E-state index in [1.54, 1.807) is 6.26 Å². The summed E-state index contributed by atoms with van der Waals surface area (Å²) >= 11 is 0. The quantitative estimate of drug-likeness (QED) is 0.879. The van der Waals surface area contributed by atoms with Gasteiger partial charge in [-0.25, -0.2) is 0 Å². The Bertz CT molecular complexity index is 635. The van der Waals surface area contributed by atoms with Gasteiger partial charge in [-0.15, -0.1) is 0 Å². The molecule has 0 radical (unpaired) electrons. The van der Waals surface area contributed by atoms with Crippen molar-refractivity contribution in [1.82, 2.24) is 0 Å². The first kappa shape index (κ1) is 17.2. The lowest BCUT2D eigenvalue weighted by Crippen LogP contribution is -2.20. The van der Waals surface area contributed by atoms with Crippen LogP contribution in [0.1, 0.15) is 50.5 Å². The molecule has 1 aromatic carbocycles. The average Bonchev–Trinajstić information content (AvgIpc) is 2.63. The molecule has 1 amide bonds. The van der Waals surface area contributed by atoms with Crippen molar-refractivity contribution in [3.8, 4) is 0 Å². The van der Waals surface area contributed by atoms with Crippen LogP contribution in [0.25, 0.3) is 0 Å². The van der Waals surface area contributed by atoms with Gasteiger partial charge in [-0.1, -0.05) is 31.4 Å². The number of nitrogens with one attached hydrogen (secondary N) is 1. The summed E-state index contributed by atoms with van der Waals surface area (Å²) in [6.45, 7) is 0.680. The molecule has 5 heteroatoms. The highest BCUT2D eigenvalue weighted by atomic mass is 32.2. The van der Waals surface area contributed by atoms with E-state index < -0.39 is 10.8 Å². The molecule has 1 N–H and O–H groups in total. The maximum absolute atomic E-state index is 12.5. The van der Waals surface area contributed by atoms with Gasteiger partial charge >= 0.3 is 0 Å². The molecule has 0 bridgehead atoms. The van der Waals surface area contributed by atoms with Crippen molar-refractivity contribution < 1.29 is 13.7 Å². The minimum absolute atomic E-state index is 0.111. The lowest BCUT2D eigenvalue weighted by atomic mass is 10.0. The normalized spacial score (nSPS) is 19.9. The van der Waals surface area contributed by atoms with Crippen LogP contribution in [0, 0.1) is 0 Å². The standard InChI is InChI=1S/C19H25NO3S/c21-19(16-7-5-11-23-13-16)20-17-8-4-6-15(12-17)14-24(22)18-9-2-1-3-10-18/h4,6,8,12-13,18H,1-3,5,7,9-11,14H2,(H,20,21). The van der Waals surface area contributed by atoms with Gasteiger partial charge in [0.1, 0.15) is 0 Å². The summed E-state index contributed by atoms with van der Waals surface area (Å²) in [6, 6.07) is 7.70. The summed E-state index contributed by atoms with van der Waals surface area (Å²) in [4.78, 5) is 12.2. The second-order valence-electron chi connectivity index (χ2n) is 6.56. The summed E-state index contributed by atoms with van der Waals surface area (Å²) in [6.07, 6.45) is 9.01. The van der Waals surface area contributed by atoms with Crippen LogP contribution in [0.15, 0.2) is 36.1 Å². The lowest BCUT2D eigenvalue weighted by molar-refractivity contribution is -0.113. The molecule has 1 fully saturated rings. The minimum atomic E-state index is -0.827. The molecule has 1 atom stereocenters. The van der Waals surface area contributed by atoms with E-state index in [1.807, 2.05) is 24.3 Å². The van der Waals surface area contributed by atoms with Crippen molar-refractivity contribution in [2.24, 2.45) is 0 Å². The molecule has 1 heterocycles. The Balaban J connectivity index is 1.60. The predicted molar refractivity (Wildman–Crippen MR) is 97.1 cm³/mol. The molecule has 1 aliphatic heterocycles. The SMILES string of the molecule is O=C(Nc1cccc(CS(=O)C2CCCCC2)c1)C1=COCCC1. The zero-order valence-electron chi connectivity index (χ0n) is 14.0. The predicted octanol–water partition coefficient (Wildman–Crippen LogP) is 3.90. The van der Waals surface area contributed by atoms with E-state index in [2.05, 4.69) is 5.32 Å². The van der Waals surface area contributed by atoms with Crippen LogP contribution in [-0.4, -0.2) is 22.0 Å². The van der Waals surface area contributed by atoms with Gasteiger partial charge in [-0.3, -0.25) is 9.00 Å². The Kier molecular flexibility index (Phi) is 6.07. The second-order valence-corrected chi connectivity index (χ2v) is 8.27. The smallest absolute Gasteiger partial charge is 0.254 e. The van der Waals surface area contributed by atoms with Crippen LogP contribution in [0.3, 0.4) is 0 Å². The molecule has 24 heavy (non-hydrogen) atoms. The molecular weight excluding hydrogens is 322 g/mol. The summed E-state index contributed by atoms with van der Waals surface area (Å²) < 4.78 is 17.8. The Morgan fingerprint density at radius 2 is 2.04 bits per heavy atom. The Morgan fingerprint density at radius 1 is 1.21 bits per heavy atom. The monoisotopic (exact) mass is 347 g/mol. The van der Waals surface area contributed by atoms with E-state index in [-0.39, 0.29) is 5.91 Å². The first-order valence-corrected chi connectivity index (χ1v) is 10.2. The highest BCUT2D eigenvalue weighted by Gasteiger charge is 2.20. The number of hydrogen-bond acceptors (Lipinski definition) is 3. The summed E-state index contributed by atoms with van der Waals surface area (Å²) in [5.41, 5.74) is 2.45.